The lowest BCUT2D eigenvalue weighted by Crippen LogP contribution is -2.41. The number of piperidine rings is 1. The summed E-state index contributed by atoms with van der Waals surface area (Å²) in [7, 11) is -3.60. The van der Waals surface area contributed by atoms with Crippen molar-refractivity contribution in [3.8, 4) is 0 Å². The zero-order valence-electron chi connectivity index (χ0n) is 9.92. The molecule has 2 N–H and O–H groups in total. The van der Waals surface area contributed by atoms with Crippen molar-refractivity contribution in [1.29, 1.82) is 0 Å². The van der Waals surface area contributed by atoms with Crippen LogP contribution in [0, 0.1) is 5.82 Å². The van der Waals surface area contributed by atoms with E-state index in [0.717, 1.165) is 25.1 Å². The third kappa shape index (κ3) is 3.51. The summed E-state index contributed by atoms with van der Waals surface area (Å²) in [4.78, 5) is 0. The van der Waals surface area contributed by atoms with E-state index in [1.54, 1.807) is 0 Å². The fourth-order valence-electron chi connectivity index (χ4n) is 1.95. The van der Waals surface area contributed by atoms with Crippen molar-refractivity contribution >= 4 is 38.9 Å². The maximum absolute atomic E-state index is 13.0. The molecule has 0 spiro atoms. The molecule has 1 saturated heterocycles. The predicted octanol–water partition coefficient (Wildman–Crippen LogP) is 2.63. The minimum absolute atomic E-state index is 0.0234. The lowest BCUT2D eigenvalue weighted by Gasteiger charge is -2.24. The van der Waals surface area contributed by atoms with Gasteiger partial charge in [-0.15, -0.1) is 0 Å². The van der Waals surface area contributed by atoms with E-state index in [1.807, 2.05) is 0 Å². The third-order valence-electron chi connectivity index (χ3n) is 2.94. The second kappa shape index (κ2) is 5.83. The second-order valence-electron chi connectivity index (χ2n) is 4.36. The maximum Gasteiger partial charge on any atom is 0.236 e. The Hall–Kier alpha value is -0.560. The number of sulfonamides is 1. The molecule has 1 heterocycles. The van der Waals surface area contributed by atoms with Crippen molar-refractivity contribution in [2.24, 2.45) is 0 Å². The molecule has 0 saturated carbocycles. The van der Waals surface area contributed by atoms with Gasteiger partial charge in [-0.2, -0.15) is 0 Å². The highest BCUT2D eigenvalue weighted by Gasteiger charge is 2.28. The number of halogens is 3. The number of nitrogens with one attached hydrogen (secondary N) is 2. The Bertz CT molecular complexity index is 551. The molecule has 0 bridgehead atoms. The van der Waals surface area contributed by atoms with Crippen LogP contribution >= 0.6 is 23.2 Å². The minimum atomic E-state index is -3.60. The average molecular weight is 327 g/mol. The lowest BCUT2D eigenvalue weighted by atomic mass is 10.2. The quantitative estimate of drug-likeness (QED) is 0.897. The molecule has 19 heavy (non-hydrogen) atoms. The Labute approximate surface area is 121 Å². The molecule has 106 valence electrons. The number of hydrogen-bond acceptors (Lipinski definition) is 3. The Balaban J connectivity index is 2.25. The molecule has 4 nitrogen and oxygen atoms in total. The molecule has 0 aromatic heterocycles. The molecule has 1 aromatic carbocycles. The monoisotopic (exact) mass is 326 g/mol. The molecule has 1 aromatic rings. The van der Waals surface area contributed by atoms with Crippen LogP contribution in [0.4, 0.5) is 10.1 Å². The summed E-state index contributed by atoms with van der Waals surface area (Å²) in [5.41, 5.74) is 0.0234. The maximum atomic E-state index is 13.0. The smallest absolute Gasteiger partial charge is 0.236 e. The summed E-state index contributed by atoms with van der Waals surface area (Å²) in [6.45, 7) is 1.19. The zero-order valence-corrected chi connectivity index (χ0v) is 12.2. The van der Waals surface area contributed by atoms with Gasteiger partial charge in [0.2, 0.25) is 10.0 Å². The van der Waals surface area contributed by atoms with E-state index < -0.39 is 21.1 Å². The van der Waals surface area contributed by atoms with Gasteiger partial charge in [-0.25, -0.2) is 12.8 Å². The van der Waals surface area contributed by atoms with E-state index in [0.29, 0.717) is 13.0 Å². The van der Waals surface area contributed by atoms with Crippen molar-refractivity contribution in [1.82, 2.24) is 5.32 Å². The van der Waals surface area contributed by atoms with Crippen LogP contribution in [0.15, 0.2) is 12.1 Å². The summed E-state index contributed by atoms with van der Waals surface area (Å²) >= 11 is 11.6. The number of rotatable bonds is 3. The van der Waals surface area contributed by atoms with Crippen molar-refractivity contribution in [2.45, 2.75) is 18.1 Å². The summed E-state index contributed by atoms with van der Waals surface area (Å²) in [6, 6.07) is 2.04. The summed E-state index contributed by atoms with van der Waals surface area (Å²) in [5, 5.41) is 2.36. The summed E-state index contributed by atoms with van der Waals surface area (Å²) < 4.78 is 39.8. The average Bonchev–Trinajstić information content (AvgIpc) is 2.35. The fraction of sp³-hybridized carbons (Fsp3) is 0.455. The van der Waals surface area contributed by atoms with E-state index in [2.05, 4.69) is 10.0 Å². The third-order valence-corrected chi connectivity index (χ3v) is 5.31. The largest absolute Gasteiger partial charge is 0.315 e. The molecule has 8 heteroatoms. The van der Waals surface area contributed by atoms with E-state index in [9.17, 15) is 12.8 Å². The van der Waals surface area contributed by atoms with E-state index >= 15 is 0 Å². The Kier molecular flexibility index (Phi) is 4.55. The van der Waals surface area contributed by atoms with Crippen LogP contribution in [-0.2, 0) is 10.0 Å². The molecule has 1 unspecified atom stereocenters. The topological polar surface area (TPSA) is 58.2 Å². The summed E-state index contributed by atoms with van der Waals surface area (Å²) in [5.74, 6) is -0.614. The van der Waals surface area contributed by atoms with Crippen molar-refractivity contribution in [3.05, 3.63) is 28.0 Å². The Morgan fingerprint density at radius 3 is 2.47 bits per heavy atom. The highest BCUT2D eigenvalue weighted by molar-refractivity contribution is 7.93. The second-order valence-corrected chi connectivity index (χ2v) is 7.14. The van der Waals surface area contributed by atoms with E-state index in [4.69, 9.17) is 23.2 Å². The highest BCUT2D eigenvalue weighted by Crippen LogP contribution is 2.33. The number of benzene rings is 1. The van der Waals surface area contributed by atoms with Crippen LogP contribution in [0.5, 0.6) is 0 Å². The summed E-state index contributed by atoms with van der Waals surface area (Å²) in [6.07, 6.45) is 1.36. The van der Waals surface area contributed by atoms with Crippen LogP contribution < -0.4 is 10.0 Å². The normalized spacial score (nSPS) is 20.3. The van der Waals surface area contributed by atoms with E-state index in [1.165, 1.54) is 0 Å². The van der Waals surface area contributed by atoms with Crippen molar-refractivity contribution in [2.75, 3.05) is 17.8 Å². The first-order valence-electron chi connectivity index (χ1n) is 5.77. The van der Waals surface area contributed by atoms with Gasteiger partial charge in [0.15, 0.2) is 0 Å². The Morgan fingerprint density at radius 2 is 1.95 bits per heavy atom. The number of hydrogen-bond donors (Lipinski definition) is 2. The van der Waals surface area contributed by atoms with Crippen LogP contribution in [-0.4, -0.2) is 26.8 Å². The molecule has 1 fully saturated rings. The molecule has 2 rings (SSSR count). The van der Waals surface area contributed by atoms with Gasteiger partial charge in [0.05, 0.1) is 21.0 Å². The van der Waals surface area contributed by atoms with Crippen molar-refractivity contribution < 1.29 is 12.8 Å². The van der Waals surface area contributed by atoms with Crippen LogP contribution in [0.25, 0.3) is 0 Å². The SMILES string of the molecule is O=S(=O)(Nc1c(Cl)cc(F)cc1Cl)C1CCCNC1. The zero-order chi connectivity index (χ0) is 14.0. The molecule has 1 aliphatic heterocycles. The van der Waals surface area contributed by atoms with Gasteiger partial charge in [-0.3, -0.25) is 4.72 Å². The van der Waals surface area contributed by atoms with Gasteiger partial charge < -0.3 is 5.32 Å². The first-order valence-corrected chi connectivity index (χ1v) is 8.07. The molecule has 0 amide bonds. The predicted molar refractivity (Wildman–Crippen MR) is 74.9 cm³/mol. The minimum Gasteiger partial charge on any atom is -0.315 e. The molecule has 1 aliphatic rings. The molecular formula is C11H13Cl2FN2O2S. The first-order chi connectivity index (χ1) is 8.90. The van der Waals surface area contributed by atoms with Gasteiger partial charge in [-0.1, -0.05) is 23.2 Å². The van der Waals surface area contributed by atoms with Gasteiger partial charge in [0.25, 0.3) is 0 Å². The number of anilines is 1. The van der Waals surface area contributed by atoms with Crippen LogP contribution in [0.2, 0.25) is 10.0 Å². The molecule has 1 atom stereocenters. The van der Waals surface area contributed by atoms with Gasteiger partial charge >= 0.3 is 0 Å². The molecular weight excluding hydrogens is 314 g/mol. The van der Waals surface area contributed by atoms with Crippen LogP contribution in [0.1, 0.15) is 12.8 Å². The Morgan fingerprint density at radius 1 is 1.32 bits per heavy atom. The standard InChI is InChI=1S/C11H13Cl2FN2O2S/c12-9-4-7(14)5-10(13)11(9)16-19(17,18)8-2-1-3-15-6-8/h4-5,8,15-16H,1-3,6H2. The first kappa shape index (κ1) is 14.8. The molecule has 0 radical (unpaired) electrons. The molecule has 0 aliphatic carbocycles. The van der Waals surface area contributed by atoms with Gasteiger partial charge in [-0.05, 0) is 31.5 Å². The van der Waals surface area contributed by atoms with Crippen molar-refractivity contribution in [3.63, 3.8) is 0 Å². The van der Waals surface area contributed by atoms with Gasteiger partial charge in [0, 0.05) is 6.54 Å². The fourth-order valence-corrected chi connectivity index (χ4v) is 4.10. The van der Waals surface area contributed by atoms with Gasteiger partial charge in [0.1, 0.15) is 5.82 Å². The lowest BCUT2D eigenvalue weighted by molar-refractivity contribution is 0.499. The highest BCUT2D eigenvalue weighted by atomic mass is 35.5. The van der Waals surface area contributed by atoms with E-state index in [-0.39, 0.29) is 15.7 Å². The van der Waals surface area contributed by atoms with Crippen LogP contribution in [0.3, 0.4) is 0 Å².